The molecule has 1 aliphatic rings. The number of hydrogen-bond donors (Lipinski definition) is 2. The van der Waals surface area contributed by atoms with Gasteiger partial charge in [0.2, 0.25) is 0 Å². The number of pyridine rings is 1. The molecule has 2 unspecified atom stereocenters. The quantitative estimate of drug-likeness (QED) is 0.804. The van der Waals surface area contributed by atoms with Crippen LogP contribution in [0.3, 0.4) is 0 Å². The van der Waals surface area contributed by atoms with Gasteiger partial charge in [-0.2, -0.15) is 0 Å². The highest BCUT2D eigenvalue weighted by Gasteiger charge is 2.21. The molecule has 1 fully saturated rings. The molecule has 0 radical (unpaired) electrons. The molecule has 1 aliphatic carbocycles. The molecule has 16 heavy (non-hydrogen) atoms. The third-order valence-electron chi connectivity index (χ3n) is 3.57. The third kappa shape index (κ3) is 2.46. The van der Waals surface area contributed by atoms with Gasteiger partial charge in [0.25, 0.3) is 0 Å². The lowest BCUT2D eigenvalue weighted by atomic mass is 9.86. The molecule has 2 atom stereocenters. The number of anilines is 2. The molecule has 2 rings (SSSR count). The van der Waals surface area contributed by atoms with Gasteiger partial charge in [-0.1, -0.05) is 19.8 Å². The Morgan fingerprint density at radius 3 is 2.75 bits per heavy atom. The Balaban J connectivity index is 2.05. The molecule has 0 amide bonds. The van der Waals surface area contributed by atoms with Crippen LogP contribution >= 0.6 is 0 Å². The van der Waals surface area contributed by atoms with Crippen LogP contribution in [0.5, 0.6) is 0 Å². The minimum Gasteiger partial charge on any atom is -0.397 e. The molecule has 3 nitrogen and oxygen atoms in total. The summed E-state index contributed by atoms with van der Waals surface area (Å²) in [5.41, 5.74) is 7.44. The second-order valence-electron chi connectivity index (χ2n) is 4.88. The Hall–Kier alpha value is -1.25. The fraction of sp³-hybridized carbons (Fsp3) is 0.615. The van der Waals surface area contributed by atoms with E-state index in [0.717, 1.165) is 23.1 Å². The number of aromatic nitrogens is 1. The molecule has 1 heterocycles. The van der Waals surface area contributed by atoms with E-state index in [0.29, 0.717) is 6.04 Å². The topological polar surface area (TPSA) is 50.9 Å². The van der Waals surface area contributed by atoms with Crippen molar-refractivity contribution < 1.29 is 0 Å². The molecule has 1 aromatic rings. The Kier molecular flexibility index (Phi) is 3.32. The maximum atomic E-state index is 5.76. The molecule has 0 aromatic carbocycles. The summed E-state index contributed by atoms with van der Waals surface area (Å²) in [5, 5.41) is 3.53. The number of nitrogens with one attached hydrogen (secondary N) is 1. The fourth-order valence-corrected chi connectivity index (χ4v) is 2.37. The summed E-state index contributed by atoms with van der Waals surface area (Å²) in [6, 6.07) is 4.48. The van der Waals surface area contributed by atoms with Gasteiger partial charge < -0.3 is 11.1 Å². The molecule has 3 N–H and O–H groups in total. The first-order valence-electron chi connectivity index (χ1n) is 6.16. The van der Waals surface area contributed by atoms with Gasteiger partial charge in [-0.05, 0) is 37.8 Å². The summed E-state index contributed by atoms with van der Waals surface area (Å²) in [5.74, 6) is 1.71. The zero-order chi connectivity index (χ0) is 11.5. The van der Waals surface area contributed by atoms with Crippen LogP contribution in [0.2, 0.25) is 0 Å². The van der Waals surface area contributed by atoms with Gasteiger partial charge in [0.05, 0.1) is 11.4 Å². The van der Waals surface area contributed by atoms with E-state index in [1.54, 1.807) is 0 Å². The third-order valence-corrected chi connectivity index (χ3v) is 3.57. The number of hydrogen-bond acceptors (Lipinski definition) is 3. The average Bonchev–Trinajstić information content (AvgIpc) is 2.27. The summed E-state index contributed by atoms with van der Waals surface area (Å²) < 4.78 is 0. The Bertz CT molecular complexity index is 362. The van der Waals surface area contributed by atoms with Crippen LogP contribution in [0.25, 0.3) is 0 Å². The minimum atomic E-state index is 0.573. The van der Waals surface area contributed by atoms with Crippen molar-refractivity contribution in [1.82, 2.24) is 4.98 Å². The lowest BCUT2D eigenvalue weighted by Gasteiger charge is -2.30. The van der Waals surface area contributed by atoms with Crippen LogP contribution < -0.4 is 11.1 Å². The molecule has 0 aliphatic heterocycles. The zero-order valence-corrected chi connectivity index (χ0v) is 10.2. The van der Waals surface area contributed by atoms with Crippen molar-refractivity contribution in [2.75, 3.05) is 11.1 Å². The van der Waals surface area contributed by atoms with E-state index in [2.05, 4.69) is 17.2 Å². The highest BCUT2D eigenvalue weighted by atomic mass is 15.0. The van der Waals surface area contributed by atoms with Gasteiger partial charge in [0.1, 0.15) is 5.82 Å². The molecule has 0 spiro atoms. The van der Waals surface area contributed by atoms with E-state index in [9.17, 15) is 0 Å². The van der Waals surface area contributed by atoms with E-state index < -0.39 is 0 Å². The van der Waals surface area contributed by atoms with E-state index in [4.69, 9.17) is 5.73 Å². The normalized spacial score (nSPS) is 25.4. The SMILES string of the molecule is Cc1nc(NC2CCCCC2C)ccc1N. The fourth-order valence-electron chi connectivity index (χ4n) is 2.37. The van der Waals surface area contributed by atoms with Crippen LogP contribution in [-0.2, 0) is 0 Å². The van der Waals surface area contributed by atoms with Crippen molar-refractivity contribution >= 4 is 11.5 Å². The number of aryl methyl sites for hydroxylation is 1. The van der Waals surface area contributed by atoms with Gasteiger partial charge in [-0.15, -0.1) is 0 Å². The van der Waals surface area contributed by atoms with Crippen LogP contribution in [0.4, 0.5) is 11.5 Å². The smallest absolute Gasteiger partial charge is 0.126 e. The number of rotatable bonds is 2. The number of nitrogen functional groups attached to an aromatic ring is 1. The molecule has 1 saturated carbocycles. The first-order valence-corrected chi connectivity index (χ1v) is 6.16. The Morgan fingerprint density at radius 2 is 2.06 bits per heavy atom. The van der Waals surface area contributed by atoms with Crippen LogP contribution in [-0.4, -0.2) is 11.0 Å². The summed E-state index contributed by atoms with van der Waals surface area (Å²) in [6.07, 6.45) is 5.28. The van der Waals surface area contributed by atoms with E-state index in [1.807, 2.05) is 19.1 Å². The van der Waals surface area contributed by atoms with Crippen molar-refractivity contribution in [3.8, 4) is 0 Å². The summed E-state index contributed by atoms with van der Waals surface area (Å²) >= 11 is 0. The van der Waals surface area contributed by atoms with Gasteiger partial charge in [-0.25, -0.2) is 4.98 Å². The summed E-state index contributed by atoms with van der Waals surface area (Å²) in [6.45, 7) is 4.27. The molecule has 3 heteroatoms. The standard InChI is InChI=1S/C13H21N3/c1-9-5-3-4-6-12(9)16-13-8-7-11(14)10(2)15-13/h7-9,12H,3-6,14H2,1-2H3,(H,15,16). The lowest BCUT2D eigenvalue weighted by Crippen LogP contribution is -2.30. The van der Waals surface area contributed by atoms with E-state index in [1.165, 1.54) is 25.7 Å². The second-order valence-corrected chi connectivity index (χ2v) is 4.88. The predicted molar refractivity (Wildman–Crippen MR) is 68.4 cm³/mol. The monoisotopic (exact) mass is 219 g/mol. The largest absolute Gasteiger partial charge is 0.397 e. The number of nitrogens with zero attached hydrogens (tertiary/aromatic N) is 1. The van der Waals surface area contributed by atoms with Gasteiger partial charge >= 0.3 is 0 Å². The highest BCUT2D eigenvalue weighted by Crippen LogP contribution is 2.26. The maximum absolute atomic E-state index is 5.76. The average molecular weight is 219 g/mol. The van der Waals surface area contributed by atoms with Gasteiger partial charge in [0.15, 0.2) is 0 Å². The Morgan fingerprint density at radius 1 is 1.31 bits per heavy atom. The van der Waals surface area contributed by atoms with Crippen molar-refractivity contribution in [1.29, 1.82) is 0 Å². The highest BCUT2D eigenvalue weighted by molar-refractivity contribution is 5.49. The first-order chi connectivity index (χ1) is 7.66. The van der Waals surface area contributed by atoms with Crippen molar-refractivity contribution in [3.05, 3.63) is 17.8 Å². The van der Waals surface area contributed by atoms with Crippen LogP contribution in [0.1, 0.15) is 38.3 Å². The van der Waals surface area contributed by atoms with Crippen LogP contribution in [0, 0.1) is 12.8 Å². The van der Waals surface area contributed by atoms with E-state index in [-0.39, 0.29) is 0 Å². The van der Waals surface area contributed by atoms with Crippen molar-refractivity contribution in [2.45, 2.75) is 45.6 Å². The zero-order valence-electron chi connectivity index (χ0n) is 10.2. The summed E-state index contributed by atoms with van der Waals surface area (Å²) in [4.78, 5) is 4.47. The Labute approximate surface area is 97.5 Å². The lowest BCUT2D eigenvalue weighted by molar-refractivity contribution is 0.349. The molecular formula is C13H21N3. The molecule has 1 aromatic heterocycles. The number of nitrogens with two attached hydrogens (primary N) is 1. The first kappa shape index (κ1) is 11.2. The minimum absolute atomic E-state index is 0.573. The van der Waals surface area contributed by atoms with Crippen LogP contribution in [0.15, 0.2) is 12.1 Å². The molecule has 88 valence electrons. The maximum Gasteiger partial charge on any atom is 0.126 e. The molecular weight excluding hydrogens is 198 g/mol. The predicted octanol–water partition coefficient (Wildman–Crippen LogP) is 2.96. The van der Waals surface area contributed by atoms with Crippen molar-refractivity contribution in [3.63, 3.8) is 0 Å². The van der Waals surface area contributed by atoms with E-state index >= 15 is 0 Å². The van der Waals surface area contributed by atoms with Gasteiger partial charge in [0, 0.05) is 6.04 Å². The molecule has 0 saturated heterocycles. The van der Waals surface area contributed by atoms with Crippen molar-refractivity contribution in [2.24, 2.45) is 5.92 Å². The molecule has 0 bridgehead atoms. The summed E-state index contributed by atoms with van der Waals surface area (Å²) in [7, 11) is 0. The van der Waals surface area contributed by atoms with Gasteiger partial charge in [-0.3, -0.25) is 0 Å². The second kappa shape index (κ2) is 4.73.